The molecule has 3 fully saturated rings. The van der Waals surface area contributed by atoms with E-state index < -0.39 is 0 Å². The largest absolute Gasteiger partial charge is 0.396 e. The van der Waals surface area contributed by atoms with Gasteiger partial charge < -0.3 is 5.11 Å². The molecule has 4 nitrogen and oxygen atoms in total. The number of nitrogens with zero attached hydrogens (tertiary/aromatic N) is 3. The molecule has 1 spiro atoms. The number of benzene rings is 1. The summed E-state index contributed by atoms with van der Waals surface area (Å²) in [6.07, 6.45) is 6.52. The summed E-state index contributed by atoms with van der Waals surface area (Å²) >= 11 is 0. The van der Waals surface area contributed by atoms with Gasteiger partial charge in [0.1, 0.15) is 0 Å². The Morgan fingerprint density at radius 3 is 2.44 bits per heavy atom. The van der Waals surface area contributed by atoms with Crippen LogP contribution in [-0.4, -0.2) is 53.7 Å². The van der Waals surface area contributed by atoms with Crippen LogP contribution in [0.25, 0.3) is 0 Å². The van der Waals surface area contributed by atoms with Crippen LogP contribution in [0, 0.1) is 22.7 Å². The van der Waals surface area contributed by atoms with Crippen molar-refractivity contribution >= 4 is 0 Å². The van der Waals surface area contributed by atoms with Crippen molar-refractivity contribution in [2.45, 2.75) is 44.7 Å². The van der Waals surface area contributed by atoms with Crippen LogP contribution in [0.4, 0.5) is 0 Å². The molecule has 1 aromatic carbocycles. The zero-order chi connectivity index (χ0) is 17.3. The van der Waals surface area contributed by atoms with Crippen LogP contribution in [0.1, 0.15) is 43.2 Å². The molecule has 2 aliphatic heterocycles. The number of aliphatic hydroxyl groups is 1. The summed E-state index contributed by atoms with van der Waals surface area (Å²) < 4.78 is 0. The standard InChI is InChI=1S/C21H29N3O/c22-12-17-4-6-18(7-5-17)13-23-10-8-21(9-11-23)16-24(14-19(21)15-25)20-2-1-3-20/h4-7,19-20,25H,1-3,8-11,13-16H2. The van der Waals surface area contributed by atoms with E-state index in [-0.39, 0.29) is 0 Å². The highest BCUT2D eigenvalue weighted by Gasteiger charge is 2.49. The lowest BCUT2D eigenvalue weighted by Crippen LogP contribution is -2.45. The van der Waals surface area contributed by atoms with Gasteiger partial charge in [0.05, 0.1) is 11.6 Å². The molecule has 3 aliphatic rings. The minimum absolute atomic E-state index is 0.339. The molecule has 1 atom stereocenters. The predicted molar refractivity (Wildman–Crippen MR) is 97.9 cm³/mol. The van der Waals surface area contributed by atoms with Crippen molar-refractivity contribution < 1.29 is 5.11 Å². The molecule has 2 saturated heterocycles. The lowest BCUT2D eigenvalue weighted by atomic mass is 9.71. The zero-order valence-electron chi connectivity index (χ0n) is 15.0. The van der Waals surface area contributed by atoms with Crippen LogP contribution in [0.15, 0.2) is 24.3 Å². The van der Waals surface area contributed by atoms with Crippen molar-refractivity contribution in [3.63, 3.8) is 0 Å². The van der Waals surface area contributed by atoms with Gasteiger partial charge >= 0.3 is 0 Å². The van der Waals surface area contributed by atoms with Gasteiger partial charge in [0.25, 0.3) is 0 Å². The van der Waals surface area contributed by atoms with E-state index in [2.05, 4.69) is 28.0 Å². The Kier molecular flexibility index (Phi) is 4.82. The van der Waals surface area contributed by atoms with E-state index in [0.717, 1.165) is 37.8 Å². The van der Waals surface area contributed by atoms with Crippen LogP contribution >= 0.6 is 0 Å². The van der Waals surface area contributed by atoms with E-state index in [1.165, 1.54) is 44.2 Å². The summed E-state index contributed by atoms with van der Waals surface area (Å²) in [5.74, 6) is 0.463. The molecule has 134 valence electrons. The fourth-order valence-electron chi connectivity index (χ4n) is 5.02. The van der Waals surface area contributed by atoms with Gasteiger partial charge in [0.15, 0.2) is 0 Å². The molecule has 0 aromatic heterocycles. The Morgan fingerprint density at radius 2 is 1.88 bits per heavy atom. The second-order valence-electron chi connectivity index (χ2n) is 8.34. The van der Waals surface area contributed by atoms with Gasteiger partial charge in [-0.25, -0.2) is 0 Å². The maximum atomic E-state index is 9.96. The average molecular weight is 339 g/mol. The van der Waals surface area contributed by atoms with Gasteiger partial charge in [0.2, 0.25) is 0 Å². The van der Waals surface area contributed by atoms with E-state index in [1.54, 1.807) is 0 Å². The molecule has 25 heavy (non-hydrogen) atoms. The van der Waals surface area contributed by atoms with Crippen molar-refractivity contribution in [2.24, 2.45) is 11.3 Å². The first-order valence-electron chi connectivity index (χ1n) is 9.79. The third-order valence-electron chi connectivity index (χ3n) is 6.99. The van der Waals surface area contributed by atoms with Gasteiger partial charge in [-0.15, -0.1) is 0 Å². The number of piperidine rings is 1. The smallest absolute Gasteiger partial charge is 0.0991 e. The molecule has 2 heterocycles. The number of likely N-dealkylation sites (tertiary alicyclic amines) is 2. The van der Waals surface area contributed by atoms with Crippen molar-refractivity contribution in [2.75, 3.05) is 32.8 Å². The summed E-state index contributed by atoms with van der Waals surface area (Å²) in [6.45, 7) is 5.87. The third kappa shape index (κ3) is 3.33. The Balaban J connectivity index is 1.35. The molecular weight excluding hydrogens is 310 g/mol. The van der Waals surface area contributed by atoms with Crippen molar-refractivity contribution in [1.82, 2.24) is 9.80 Å². The van der Waals surface area contributed by atoms with E-state index in [9.17, 15) is 5.11 Å². The highest BCUT2D eigenvalue weighted by Crippen LogP contribution is 2.46. The minimum Gasteiger partial charge on any atom is -0.396 e. The second-order valence-corrected chi connectivity index (χ2v) is 8.34. The highest BCUT2D eigenvalue weighted by molar-refractivity contribution is 5.31. The number of nitriles is 1. The summed E-state index contributed by atoms with van der Waals surface area (Å²) in [5, 5.41) is 18.9. The Hall–Kier alpha value is -1.41. The fraction of sp³-hybridized carbons (Fsp3) is 0.667. The maximum Gasteiger partial charge on any atom is 0.0991 e. The van der Waals surface area contributed by atoms with Crippen LogP contribution in [-0.2, 0) is 6.54 Å². The van der Waals surface area contributed by atoms with Crippen molar-refractivity contribution in [3.05, 3.63) is 35.4 Å². The first-order valence-corrected chi connectivity index (χ1v) is 9.79. The van der Waals surface area contributed by atoms with Crippen molar-refractivity contribution in [1.29, 1.82) is 5.26 Å². The number of hydrogen-bond acceptors (Lipinski definition) is 4. The van der Waals surface area contributed by atoms with Gasteiger partial charge in [0, 0.05) is 38.2 Å². The quantitative estimate of drug-likeness (QED) is 0.916. The number of hydrogen-bond donors (Lipinski definition) is 1. The maximum absolute atomic E-state index is 9.96. The summed E-state index contributed by atoms with van der Waals surface area (Å²) in [6, 6.07) is 11.0. The van der Waals surface area contributed by atoms with Crippen molar-refractivity contribution in [3.8, 4) is 6.07 Å². The number of aliphatic hydroxyl groups excluding tert-OH is 1. The molecule has 1 aliphatic carbocycles. The molecule has 4 rings (SSSR count). The summed E-state index contributed by atoms with van der Waals surface area (Å²) in [7, 11) is 0. The van der Waals surface area contributed by atoms with Crippen LogP contribution in [0.2, 0.25) is 0 Å². The Labute approximate surface area is 151 Å². The lowest BCUT2D eigenvalue weighted by Gasteiger charge is -2.43. The third-order valence-corrected chi connectivity index (χ3v) is 6.99. The molecule has 0 amide bonds. The minimum atomic E-state index is 0.339. The lowest BCUT2D eigenvalue weighted by molar-refractivity contribution is 0.0454. The van der Waals surface area contributed by atoms with Crippen LogP contribution in [0.5, 0.6) is 0 Å². The molecule has 0 radical (unpaired) electrons. The Morgan fingerprint density at radius 1 is 1.16 bits per heavy atom. The van der Waals surface area contributed by atoms with Gasteiger partial charge in [-0.1, -0.05) is 18.6 Å². The van der Waals surface area contributed by atoms with E-state index >= 15 is 0 Å². The SMILES string of the molecule is N#Cc1ccc(CN2CCC3(CC2)CN(C2CCC2)CC3CO)cc1. The predicted octanol–water partition coefficient (Wildman–Crippen LogP) is 2.62. The van der Waals surface area contributed by atoms with E-state index in [0.29, 0.717) is 17.9 Å². The molecule has 4 heteroatoms. The molecule has 1 unspecified atom stereocenters. The summed E-state index contributed by atoms with van der Waals surface area (Å²) in [4.78, 5) is 5.22. The molecular formula is C21H29N3O. The first kappa shape index (κ1) is 17.0. The monoisotopic (exact) mass is 339 g/mol. The van der Waals surface area contributed by atoms with Gasteiger partial charge in [-0.05, 0) is 61.9 Å². The zero-order valence-corrected chi connectivity index (χ0v) is 15.0. The van der Waals surface area contributed by atoms with Gasteiger partial charge in [-0.3, -0.25) is 9.80 Å². The van der Waals surface area contributed by atoms with Crippen LogP contribution < -0.4 is 0 Å². The topological polar surface area (TPSA) is 50.5 Å². The number of rotatable bonds is 4. The first-order chi connectivity index (χ1) is 12.2. The average Bonchev–Trinajstić information content (AvgIpc) is 2.94. The van der Waals surface area contributed by atoms with E-state index in [1.807, 2.05) is 12.1 Å². The molecule has 1 N–H and O–H groups in total. The molecule has 0 bridgehead atoms. The normalized spacial score (nSPS) is 27.3. The van der Waals surface area contributed by atoms with Gasteiger partial charge in [-0.2, -0.15) is 5.26 Å². The summed E-state index contributed by atoms with van der Waals surface area (Å²) in [5.41, 5.74) is 2.36. The molecule has 1 aromatic rings. The fourth-order valence-corrected chi connectivity index (χ4v) is 5.02. The highest BCUT2D eigenvalue weighted by atomic mass is 16.3. The van der Waals surface area contributed by atoms with Crippen LogP contribution in [0.3, 0.4) is 0 Å². The molecule has 1 saturated carbocycles. The Bertz CT molecular complexity index is 624. The second kappa shape index (κ2) is 7.07. The van der Waals surface area contributed by atoms with E-state index in [4.69, 9.17) is 5.26 Å².